The van der Waals surface area contributed by atoms with Crippen LogP contribution in [0.1, 0.15) is 17.2 Å². The number of benzene rings is 2. The number of aliphatic hydroxyl groups excluding tert-OH is 1. The van der Waals surface area contributed by atoms with Crippen LogP contribution >= 0.6 is 11.6 Å². The van der Waals surface area contributed by atoms with Crippen molar-refractivity contribution in [3.63, 3.8) is 0 Å². The highest BCUT2D eigenvalue weighted by Gasteiger charge is 2.17. The molecule has 1 atom stereocenters. The van der Waals surface area contributed by atoms with Crippen molar-refractivity contribution >= 4 is 11.6 Å². The molecule has 2 aromatic carbocycles. The molecule has 2 rings (SSSR count). The molecule has 3 N–H and O–H groups in total. The Morgan fingerprint density at radius 1 is 1.10 bits per heavy atom. The number of phenols is 1. The second-order valence-corrected chi connectivity index (χ2v) is 4.94. The van der Waals surface area contributed by atoms with E-state index in [1.165, 1.54) is 6.07 Å². The summed E-state index contributed by atoms with van der Waals surface area (Å²) in [6, 6.07) is 8.29. The summed E-state index contributed by atoms with van der Waals surface area (Å²) in [4.78, 5) is 0. The highest BCUT2D eigenvalue weighted by Crippen LogP contribution is 2.27. The van der Waals surface area contributed by atoms with Crippen molar-refractivity contribution < 1.29 is 19.0 Å². The maximum Gasteiger partial charge on any atom is 0.138 e. The Morgan fingerprint density at radius 2 is 1.71 bits per heavy atom. The molecule has 112 valence electrons. The van der Waals surface area contributed by atoms with E-state index in [0.717, 1.165) is 12.1 Å². The van der Waals surface area contributed by atoms with Crippen LogP contribution in [0.25, 0.3) is 0 Å². The van der Waals surface area contributed by atoms with Crippen LogP contribution in [0.2, 0.25) is 5.02 Å². The average molecular weight is 314 g/mol. The van der Waals surface area contributed by atoms with Crippen LogP contribution < -0.4 is 5.32 Å². The molecular weight excluding hydrogens is 300 g/mol. The maximum atomic E-state index is 13.5. The number of hydrogen-bond acceptors (Lipinski definition) is 3. The van der Waals surface area contributed by atoms with Crippen molar-refractivity contribution in [2.24, 2.45) is 0 Å². The normalized spacial score (nSPS) is 12.4. The molecule has 0 fully saturated rings. The lowest BCUT2D eigenvalue weighted by atomic mass is 10.1. The molecule has 0 aliphatic carbocycles. The van der Waals surface area contributed by atoms with Gasteiger partial charge in [0.25, 0.3) is 0 Å². The van der Waals surface area contributed by atoms with Gasteiger partial charge in [0, 0.05) is 18.7 Å². The Morgan fingerprint density at radius 3 is 2.38 bits per heavy atom. The molecule has 0 aliphatic rings. The van der Waals surface area contributed by atoms with Gasteiger partial charge in [0.15, 0.2) is 0 Å². The van der Waals surface area contributed by atoms with Crippen molar-refractivity contribution in [2.45, 2.75) is 12.6 Å². The molecule has 2 aromatic rings. The lowest BCUT2D eigenvalue weighted by Gasteiger charge is -2.14. The Hall–Kier alpha value is -1.69. The van der Waals surface area contributed by atoms with E-state index in [4.69, 9.17) is 11.6 Å². The number of rotatable bonds is 5. The van der Waals surface area contributed by atoms with Gasteiger partial charge < -0.3 is 15.5 Å². The first-order valence-corrected chi connectivity index (χ1v) is 6.67. The zero-order chi connectivity index (χ0) is 15.4. The number of phenolic OH excluding ortho intramolecular Hbond substituents is 1. The number of aliphatic hydroxyl groups is 1. The fourth-order valence-electron chi connectivity index (χ4n) is 1.98. The van der Waals surface area contributed by atoms with Crippen molar-refractivity contribution in [3.8, 4) is 5.75 Å². The van der Waals surface area contributed by atoms with E-state index in [-0.39, 0.29) is 29.4 Å². The zero-order valence-electron chi connectivity index (χ0n) is 11.0. The topological polar surface area (TPSA) is 52.5 Å². The van der Waals surface area contributed by atoms with Crippen LogP contribution in [0, 0.1) is 11.6 Å². The molecule has 0 radical (unpaired) electrons. The zero-order valence-corrected chi connectivity index (χ0v) is 11.7. The number of para-hydroxylation sites is 1. The molecular formula is C15H14ClF2NO2. The molecule has 0 saturated heterocycles. The van der Waals surface area contributed by atoms with Gasteiger partial charge in [0.2, 0.25) is 0 Å². The summed E-state index contributed by atoms with van der Waals surface area (Å²) in [5.74, 6) is -1.65. The predicted molar refractivity (Wildman–Crippen MR) is 76.1 cm³/mol. The average Bonchev–Trinajstić information content (AvgIpc) is 2.43. The minimum atomic E-state index is -1.33. The molecule has 3 nitrogen and oxygen atoms in total. The smallest absolute Gasteiger partial charge is 0.138 e. The van der Waals surface area contributed by atoms with Gasteiger partial charge in [0.1, 0.15) is 17.4 Å². The predicted octanol–water partition coefficient (Wildman–Crippen LogP) is 3.15. The van der Waals surface area contributed by atoms with Gasteiger partial charge in [-0.1, -0.05) is 29.8 Å². The van der Waals surface area contributed by atoms with Gasteiger partial charge in [-0.15, -0.1) is 0 Å². The van der Waals surface area contributed by atoms with Crippen LogP contribution in [-0.2, 0) is 6.54 Å². The third kappa shape index (κ3) is 3.69. The van der Waals surface area contributed by atoms with E-state index < -0.39 is 17.7 Å². The summed E-state index contributed by atoms with van der Waals surface area (Å²) < 4.78 is 27.0. The Balaban J connectivity index is 1.99. The second kappa shape index (κ2) is 6.85. The minimum Gasteiger partial charge on any atom is -0.506 e. The summed E-state index contributed by atoms with van der Waals surface area (Å²) in [6.45, 7) is 0.142. The van der Waals surface area contributed by atoms with Crippen LogP contribution in [0.4, 0.5) is 8.78 Å². The van der Waals surface area contributed by atoms with Crippen molar-refractivity contribution in [1.82, 2.24) is 5.32 Å². The molecule has 0 saturated carbocycles. The Bertz CT molecular complexity index is 617. The molecule has 0 spiro atoms. The largest absolute Gasteiger partial charge is 0.506 e. The number of hydrogen-bond donors (Lipinski definition) is 3. The van der Waals surface area contributed by atoms with E-state index in [1.807, 2.05) is 0 Å². The number of halogens is 3. The van der Waals surface area contributed by atoms with Gasteiger partial charge in [-0.25, -0.2) is 8.78 Å². The Kier molecular flexibility index (Phi) is 5.12. The molecule has 0 aliphatic heterocycles. The minimum absolute atomic E-state index is 0.0572. The molecule has 6 heteroatoms. The van der Waals surface area contributed by atoms with E-state index >= 15 is 0 Å². The van der Waals surface area contributed by atoms with Crippen LogP contribution in [-0.4, -0.2) is 16.8 Å². The fourth-order valence-corrected chi connectivity index (χ4v) is 2.17. The van der Waals surface area contributed by atoms with Crippen LogP contribution in [0.15, 0.2) is 36.4 Å². The SMILES string of the molecule is Oc1c(Cl)cccc1CNCC(O)c1c(F)cccc1F. The van der Waals surface area contributed by atoms with Gasteiger partial charge in [-0.2, -0.15) is 0 Å². The van der Waals surface area contributed by atoms with Gasteiger partial charge in [-0.3, -0.25) is 0 Å². The van der Waals surface area contributed by atoms with Crippen molar-refractivity contribution in [2.75, 3.05) is 6.54 Å². The summed E-state index contributed by atoms with van der Waals surface area (Å²) in [5, 5.41) is 22.6. The molecule has 21 heavy (non-hydrogen) atoms. The fraction of sp³-hybridized carbons (Fsp3) is 0.200. The van der Waals surface area contributed by atoms with Crippen LogP contribution in [0.5, 0.6) is 5.75 Å². The number of nitrogens with one attached hydrogen (secondary N) is 1. The summed E-state index contributed by atoms with van der Waals surface area (Å²) in [7, 11) is 0. The number of aromatic hydroxyl groups is 1. The summed E-state index contributed by atoms with van der Waals surface area (Å²) in [5.41, 5.74) is 0.157. The third-order valence-electron chi connectivity index (χ3n) is 3.06. The van der Waals surface area contributed by atoms with Crippen LogP contribution in [0.3, 0.4) is 0 Å². The molecule has 0 aromatic heterocycles. The molecule has 0 heterocycles. The van der Waals surface area contributed by atoms with Gasteiger partial charge in [0.05, 0.1) is 16.7 Å². The standard InChI is InChI=1S/C15H14ClF2NO2/c16-10-4-1-3-9(15(10)21)7-19-8-13(20)14-11(17)5-2-6-12(14)18/h1-6,13,19-21H,7-8H2. The quantitative estimate of drug-likeness (QED) is 0.795. The third-order valence-corrected chi connectivity index (χ3v) is 3.36. The first-order chi connectivity index (χ1) is 10.0. The lowest BCUT2D eigenvalue weighted by Crippen LogP contribution is -2.22. The first-order valence-electron chi connectivity index (χ1n) is 6.29. The molecule has 0 bridgehead atoms. The van der Waals surface area contributed by atoms with E-state index in [2.05, 4.69) is 5.32 Å². The first kappa shape index (κ1) is 15.7. The van der Waals surface area contributed by atoms with Gasteiger partial charge >= 0.3 is 0 Å². The van der Waals surface area contributed by atoms with E-state index in [9.17, 15) is 19.0 Å². The van der Waals surface area contributed by atoms with E-state index in [1.54, 1.807) is 18.2 Å². The van der Waals surface area contributed by atoms with Crippen molar-refractivity contribution in [3.05, 3.63) is 64.2 Å². The highest BCUT2D eigenvalue weighted by molar-refractivity contribution is 6.32. The Labute approximate surface area is 125 Å². The van der Waals surface area contributed by atoms with Gasteiger partial charge in [-0.05, 0) is 18.2 Å². The highest BCUT2D eigenvalue weighted by atomic mass is 35.5. The molecule has 0 amide bonds. The lowest BCUT2D eigenvalue weighted by molar-refractivity contribution is 0.164. The maximum absolute atomic E-state index is 13.5. The van der Waals surface area contributed by atoms with Crippen molar-refractivity contribution in [1.29, 1.82) is 0 Å². The summed E-state index contributed by atoms with van der Waals surface area (Å²) in [6.07, 6.45) is -1.33. The summed E-state index contributed by atoms with van der Waals surface area (Å²) >= 11 is 5.77. The second-order valence-electron chi connectivity index (χ2n) is 4.53. The molecule has 1 unspecified atom stereocenters. The monoisotopic (exact) mass is 313 g/mol. The van der Waals surface area contributed by atoms with E-state index in [0.29, 0.717) is 5.56 Å².